The average molecular weight is 459 g/mol. The lowest BCUT2D eigenvalue weighted by Gasteiger charge is -2.16. The van der Waals surface area contributed by atoms with Crippen LogP contribution in [-0.2, 0) is 16.4 Å². The molecule has 0 atom stereocenters. The summed E-state index contributed by atoms with van der Waals surface area (Å²) in [6.07, 6.45) is 0.583. The molecule has 4 nitrogen and oxygen atoms in total. The normalized spacial score (nSPS) is 13.6. The van der Waals surface area contributed by atoms with Crippen molar-refractivity contribution in [3.63, 3.8) is 0 Å². The van der Waals surface area contributed by atoms with E-state index in [9.17, 15) is 17.6 Å². The van der Waals surface area contributed by atoms with E-state index in [4.69, 9.17) is 11.6 Å². The van der Waals surface area contributed by atoms with Gasteiger partial charge in [-0.1, -0.05) is 18.2 Å². The molecule has 26 heavy (non-hydrogen) atoms. The van der Waals surface area contributed by atoms with E-state index in [0.717, 1.165) is 6.07 Å². The predicted octanol–water partition coefficient (Wildman–Crippen LogP) is 5.20. The summed E-state index contributed by atoms with van der Waals surface area (Å²) < 4.78 is 42.4. The number of sulfonamides is 1. The van der Waals surface area contributed by atoms with Crippen molar-refractivity contribution in [2.75, 3.05) is 4.72 Å². The molecule has 0 bridgehead atoms. The largest absolute Gasteiger partial charge is 0.294 e. The third kappa shape index (κ3) is 3.31. The molecule has 136 valence electrons. The molecular formula is C18H14BrClFNO3S. The molecule has 2 aromatic carbocycles. The highest BCUT2D eigenvalue weighted by Gasteiger charge is 2.29. The molecule has 1 N–H and O–H groups in total. The molecule has 0 unspecified atom stereocenters. The first-order chi connectivity index (χ1) is 12.1. The molecule has 0 saturated heterocycles. The summed E-state index contributed by atoms with van der Waals surface area (Å²) in [5, 5.41) is 0.166. The van der Waals surface area contributed by atoms with Crippen molar-refractivity contribution < 1.29 is 17.6 Å². The number of allylic oxidation sites excluding steroid dienone is 1. The Balaban J connectivity index is 2.13. The van der Waals surface area contributed by atoms with Gasteiger partial charge in [0.25, 0.3) is 10.0 Å². The summed E-state index contributed by atoms with van der Waals surface area (Å²) in [4.78, 5) is 11.9. The molecule has 0 aliphatic heterocycles. The highest BCUT2D eigenvalue weighted by atomic mass is 79.9. The molecule has 1 aliphatic carbocycles. The van der Waals surface area contributed by atoms with Crippen molar-refractivity contribution >= 4 is 54.6 Å². The van der Waals surface area contributed by atoms with E-state index in [0.29, 0.717) is 28.7 Å². The van der Waals surface area contributed by atoms with E-state index in [1.54, 1.807) is 6.92 Å². The number of carbonyl (C=O) groups excluding carboxylic acids is 1. The van der Waals surface area contributed by atoms with Crippen molar-refractivity contribution in [3.8, 4) is 0 Å². The fourth-order valence-electron chi connectivity index (χ4n) is 2.98. The number of Topliss-reactive ketones (excluding diaryl/α,β-unsaturated/α-hetero) is 1. The Bertz CT molecular complexity index is 1070. The molecule has 0 spiro atoms. The summed E-state index contributed by atoms with van der Waals surface area (Å²) in [6, 6.07) is 5.29. The Kier molecular flexibility index (Phi) is 4.98. The molecule has 8 heteroatoms. The summed E-state index contributed by atoms with van der Waals surface area (Å²) in [6.45, 7) is 5.42. The molecule has 0 aromatic heterocycles. The molecule has 1 aliphatic rings. The fourth-order valence-corrected chi connectivity index (χ4v) is 5.34. The Morgan fingerprint density at radius 2 is 2.00 bits per heavy atom. The molecule has 0 saturated carbocycles. The number of hydrogen-bond donors (Lipinski definition) is 1. The lowest BCUT2D eigenvalue weighted by molar-refractivity contribution is 0.0994. The van der Waals surface area contributed by atoms with Crippen molar-refractivity contribution in [2.45, 2.75) is 24.7 Å². The van der Waals surface area contributed by atoms with E-state index in [1.165, 1.54) is 18.2 Å². The Morgan fingerprint density at radius 3 is 2.65 bits per heavy atom. The summed E-state index contributed by atoms with van der Waals surface area (Å²) in [7, 11) is -4.04. The van der Waals surface area contributed by atoms with Gasteiger partial charge in [0, 0.05) is 22.6 Å². The van der Waals surface area contributed by atoms with Gasteiger partial charge in [0.05, 0.1) is 15.1 Å². The molecule has 3 rings (SSSR count). The zero-order valence-electron chi connectivity index (χ0n) is 13.7. The lowest BCUT2D eigenvalue weighted by atomic mass is 10.1. The molecule has 0 fully saturated rings. The van der Waals surface area contributed by atoms with Crippen LogP contribution in [0.1, 0.15) is 34.8 Å². The van der Waals surface area contributed by atoms with Crippen LogP contribution >= 0.6 is 27.5 Å². The van der Waals surface area contributed by atoms with Crippen molar-refractivity contribution in [1.29, 1.82) is 0 Å². The second-order valence-electron chi connectivity index (χ2n) is 6.02. The number of nitrogens with one attached hydrogen (secondary N) is 1. The van der Waals surface area contributed by atoms with E-state index in [1.807, 2.05) is 0 Å². The summed E-state index contributed by atoms with van der Waals surface area (Å²) in [5.74, 6) is -0.661. The molecule has 2 aromatic rings. The Morgan fingerprint density at radius 1 is 1.31 bits per heavy atom. The van der Waals surface area contributed by atoms with E-state index in [2.05, 4.69) is 27.2 Å². The van der Waals surface area contributed by atoms with Crippen LogP contribution in [0.15, 0.2) is 40.2 Å². The zero-order chi connectivity index (χ0) is 19.2. The smallest absolute Gasteiger partial charge is 0.262 e. The molecule has 0 amide bonds. The number of carbonyl (C=O) groups is 1. The number of benzene rings is 2. The minimum atomic E-state index is -4.04. The number of halogens is 3. The standard InChI is InChI=1S/C18H14BrClFNO3S/c1-9(2)17-14(5-4-13(21)18(17)19)22-26(24,25)16-8-10(20)7-12-11(16)3-6-15(12)23/h4-5,7-8,22H,1,3,6H2,2H3. The maximum Gasteiger partial charge on any atom is 0.262 e. The summed E-state index contributed by atoms with van der Waals surface area (Å²) >= 11 is 9.14. The SMILES string of the molecule is C=C(C)c1c(NS(=O)(=O)c2cc(Cl)cc3c2CCC3=O)ccc(F)c1Br. The highest BCUT2D eigenvalue weighted by Crippen LogP contribution is 2.36. The second-order valence-corrected chi connectivity index (χ2v) is 8.90. The first kappa shape index (κ1) is 19.1. The van der Waals surface area contributed by atoms with Gasteiger partial charge in [-0.2, -0.15) is 0 Å². The third-order valence-electron chi connectivity index (χ3n) is 4.13. The van der Waals surface area contributed by atoms with Crippen LogP contribution in [0.5, 0.6) is 0 Å². The maximum absolute atomic E-state index is 13.8. The van der Waals surface area contributed by atoms with Gasteiger partial charge in [0.15, 0.2) is 5.78 Å². The first-order valence-corrected chi connectivity index (χ1v) is 10.3. The van der Waals surface area contributed by atoms with Gasteiger partial charge in [-0.25, -0.2) is 12.8 Å². The minimum absolute atomic E-state index is 0.0426. The van der Waals surface area contributed by atoms with Crippen molar-refractivity contribution in [1.82, 2.24) is 0 Å². The van der Waals surface area contributed by atoms with E-state index in [-0.39, 0.29) is 32.3 Å². The fraction of sp³-hybridized carbons (Fsp3) is 0.167. The van der Waals surface area contributed by atoms with E-state index >= 15 is 0 Å². The number of fused-ring (bicyclic) bond motifs is 1. The Labute approximate surface area is 164 Å². The number of ketones is 1. The zero-order valence-corrected chi connectivity index (χ0v) is 16.9. The van der Waals surface area contributed by atoms with Crippen molar-refractivity contribution in [3.05, 3.63) is 62.8 Å². The summed E-state index contributed by atoms with van der Waals surface area (Å²) in [5.41, 5.74) is 1.77. The van der Waals surface area contributed by atoms with Crippen LogP contribution in [0, 0.1) is 5.82 Å². The average Bonchev–Trinajstić information content (AvgIpc) is 2.91. The third-order valence-corrected chi connectivity index (χ3v) is 6.56. The van der Waals surface area contributed by atoms with Crippen LogP contribution in [0.4, 0.5) is 10.1 Å². The van der Waals surface area contributed by atoms with Crippen LogP contribution < -0.4 is 4.72 Å². The monoisotopic (exact) mass is 457 g/mol. The number of rotatable bonds is 4. The van der Waals surface area contributed by atoms with Crippen LogP contribution in [0.25, 0.3) is 5.57 Å². The molecule has 0 heterocycles. The molecular weight excluding hydrogens is 445 g/mol. The second kappa shape index (κ2) is 6.79. The maximum atomic E-state index is 13.8. The van der Waals surface area contributed by atoms with Gasteiger partial charge in [-0.15, -0.1) is 0 Å². The quantitative estimate of drug-likeness (QED) is 0.684. The van der Waals surface area contributed by atoms with Gasteiger partial charge in [0.2, 0.25) is 0 Å². The topological polar surface area (TPSA) is 63.2 Å². The van der Waals surface area contributed by atoms with Gasteiger partial charge in [0.1, 0.15) is 5.82 Å². The van der Waals surface area contributed by atoms with Gasteiger partial charge in [-0.05, 0) is 64.7 Å². The predicted molar refractivity (Wildman–Crippen MR) is 104 cm³/mol. The minimum Gasteiger partial charge on any atom is -0.294 e. The van der Waals surface area contributed by atoms with Gasteiger partial charge >= 0.3 is 0 Å². The van der Waals surface area contributed by atoms with E-state index < -0.39 is 15.8 Å². The van der Waals surface area contributed by atoms with Gasteiger partial charge in [-0.3, -0.25) is 9.52 Å². The van der Waals surface area contributed by atoms with Crippen LogP contribution in [0.2, 0.25) is 5.02 Å². The first-order valence-electron chi connectivity index (χ1n) is 7.64. The van der Waals surface area contributed by atoms with Crippen molar-refractivity contribution in [2.24, 2.45) is 0 Å². The Hall–Kier alpha value is -1.70. The number of hydrogen-bond acceptors (Lipinski definition) is 3. The van der Waals surface area contributed by atoms with Crippen LogP contribution in [-0.4, -0.2) is 14.2 Å². The van der Waals surface area contributed by atoms with Crippen LogP contribution in [0.3, 0.4) is 0 Å². The molecule has 0 radical (unpaired) electrons. The van der Waals surface area contributed by atoms with Gasteiger partial charge < -0.3 is 0 Å². The lowest BCUT2D eigenvalue weighted by Crippen LogP contribution is -2.16. The number of anilines is 1. The highest BCUT2D eigenvalue weighted by molar-refractivity contribution is 9.10.